The van der Waals surface area contributed by atoms with Crippen LogP contribution >= 0.6 is 0 Å². The third kappa shape index (κ3) is 2.22. The van der Waals surface area contributed by atoms with Gasteiger partial charge in [-0.05, 0) is 37.7 Å². The van der Waals surface area contributed by atoms with Crippen LogP contribution in [-0.2, 0) is 13.5 Å². The number of hydrogen-bond donors (Lipinski definition) is 1. The summed E-state index contributed by atoms with van der Waals surface area (Å²) in [5, 5.41) is 0. The standard InChI is InChI=1S/C13H16FN3/c1-9-16-13(12(7-8-15)17(9)2)10-3-5-11(14)6-4-10/h3-6H,7-8,15H2,1-2H3. The van der Waals surface area contributed by atoms with E-state index in [9.17, 15) is 4.39 Å². The average molecular weight is 233 g/mol. The van der Waals surface area contributed by atoms with Crippen LogP contribution in [0.25, 0.3) is 11.3 Å². The minimum absolute atomic E-state index is 0.234. The van der Waals surface area contributed by atoms with Crippen molar-refractivity contribution in [2.75, 3.05) is 6.54 Å². The van der Waals surface area contributed by atoms with Crippen LogP contribution < -0.4 is 5.73 Å². The second-order valence-electron chi connectivity index (χ2n) is 4.06. The smallest absolute Gasteiger partial charge is 0.123 e. The normalized spacial score (nSPS) is 10.8. The molecular weight excluding hydrogens is 217 g/mol. The third-order valence-electron chi connectivity index (χ3n) is 2.94. The van der Waals surface area contributed by atoms with Gasteiger partial charge >= 0.3 is 0 Å². The van der Waals surface area contributed by atoms with Crippen molar-refractivity contribution < 1.29 is 4.39 Å². The highest BCUT2D eigenvalue weighted by molar-refractivity contribution is 5.62. The Bertz CT molecular complexity index is 514. The molecule has 2 aromatic rings. The molecule has 3 nitrogen and oxygen atoms in total. The second kappa shape index (κ2) is 4.67. The summed E-state index contributed by atoms with van der Waals surface area (Å²) >= 11 is 0. The van der Waals surface area contributed by atoms with Crippen LogP contribution in [0.2, 0.25) is 0 Å². The maximum absolute atomic E-state index is 12.9. The molecule has 4 heteroatoms. The first kappa shape index (κ1) is 11.8. The lowest BCUT2D eigenvalue weighted by Crippen LogP contribution is -2.08. The van der Waals surface area contributed by atoms with E-state index in [2.05, 4.69) is 4.98 Å². The lowest BCUT2D eigenvalue weighted by molar-refractivity contribution is 0.628. The Kier molecular flexibility index (Phi) is 3.24. The van der Waals surface area contributed by atoms with Gasteiger partial charge in [0.05, 0.1) is 5.69 Å². The fourth-order valence-corrected chi connectivity index (χ4v) is 1.92. The van der Waals surface area contributed by atoms with E-state index in [0.29, 0.717) is 6.54 Å². The molecule has 0 atom stereocenters. The van der Waals surface area contributed by atoms with Gasteiger partial charge in [-0.15, -0.1) is 0 Å². The van der Waals surface area contributed by atoms with Crippen molar-refractivity contribution in [1.82, 2.24) is 9.55 Å². The Labute approximate surface area is 100 Å². The fourth-order valence-electron chi connectivity index (χ4n) is 1.92. The molecule has 1 aromatic heterocycles. The van der Waals surface area contributed by atoms with Crippen LogP contribution in [0.3, 0.4) is 0 Å². The zero-order valence-corrected chi connectivity index (χ0v) is 10.1. The molecule has 0 saturated carbocycles. The van der Waals surface area contributed by atoms with Gasteiger partial charge in [0.2, 0.25) is 0 Å². The van der Waals surface area contributed by atoms with Gasteiger partial charge in [0, 0.05) is 24.7 Å². The minimum atomic E-state index is -0.234. The van der Waals surface area contributed by atoms with Crippen molar-refractivity contribution in [2.45, 2.75) is 13.3 Å². The van der Waals surface area contributed by atoms with Crippen molar-refractivity contribution in [1.29, 1.82) is 0 Å². The van der Waals surface area contributed by atoms with E-state index in [0.717, 1.165) is 29.2 Å². The van der Waals surface area contributed by atoms with Crippen molar-refractivity contribution in [2.24, 2.45) is 12.8 Å². The predicted octanol–water partition coefficient (Wildman–Crippen LogP) is 2.04. The van der Waals surface area contributed by atoms with E-state index in [-0.39, 0.29) is 5.82 Å². The molecule has 90 valence electrons. The summed E-state index contributed by atoms with van der Waals surface area (Å²) < 4.78 is 14.9. The zero-order valence-electron chi connectivity index (χ0n) is 10.1. The molecule has 0 aliphatic heterocycles. The van der Waals surface area contributed by atoms with Gasteiger partial charge < -0.3 is 10.3 Å². The monoisotopic (exact) mass is 233 g/mol. The number of nitrogens with two attached hydrogens (primary N) is 1. The van der Waals surface area contributed by atoms with Crippen LogP contribution in [0, 0.1) is 12.7 Å². The molecule has 17 heavy (non-hydrogen) atoms. The highest BCUT2D eigenvalue weighted by Gasteiger charge is 2.13. The average Bonchev–Trinajstić information content (AvgIpc) is 2.59. The summed E-state index contributed by atoms with van der Waals surface area (Å²) in [6.07, 6.45) is 0.768. The van der Waals surface area contributed by atoms with E-state index in [1.54, 1.807) is 12.1 Å². The number of benzene rings is 1. The molecule has 2 rings (SSSR count). The number of hydrogen-bond acceptors (Lipinski definition) is 2. The molecule has 0 spiro atoms. The number of aryl methyl sites for hydroxylation is 1. The largest absolute Gasteiger partial charge is 0.335 e. The Morgan fingerprint density at radius 1 is 1.29 bits per heavy atom. The van der Waals surface area contributed by atoms with Crippen molar-refractivity contribution in [3.8, 4) is 11.3 Å². The molecule has 0 amide bonds. The number of halogens is 1. The van der Waals surface area contributed by atoms with Crippen LogP contribution in [0.1, 0.15) is 11.5 Å². The summed E-state index contributed by atoms with van der Waals surface area (Å²) in [5.74, 6) is 0.703. The van der Waals surface area contributed by atoms with E-state index in [4.69, 9.17) is 5.73 Å². The molecule has 0 aliphatic carbocycles. The first-order valence-corrected chi connectivity index (χ1v) is 5.61. The lowest BCUT2D eigenvalue weighted by Gasteiger charge is -2.05. The van der Waals surface area contributed by atoms with Gasteiger partial charge in [-0.1, -0.05) is 0 Å². The quantitative estimate of drug-likeness (QED) is 0.881. The first-order chi connectivity index (χ1) is 8.13. The SMILES string of the molecule is Cc1nc(-c2ccc(F)cc2)c(CCN)n1C. The lowest BCUT2D eigenvalue weighted by atomic mass is 10.1. The molecule has 0 fully saturated rings. The topological polar surface area (TPSA) is 43.8 Å². The van der Waals surface area contributed by atoms with E-state index in [1.165, 1.54) is 12.1 Å². The maximum atomic E-state index is 12.9. The number of aromatic nitrogens is 2. The Hall–Kier alpha value is -1.68. The van der Waals surface area contributed by atoms with Gasteiger partial charge in [-0.25, -0.2) is 9.37 Å². The Morgan fingerprint density at radius 2 is 1.94 bits per heavy atom. The molecule has 0 saturated heterocycles. The van der Waals surface area contributed by atoms with E-state index >= 15 is 0 Å². The molecule has 2 N–H and O–H groups in total. The number of rotatable bonds is 3. The molecule has 0 bridgehead atoms. The van der Waals surface area contributed by atoms with Crippen LogP contribution in [0.5, 0.6) is 0 Å². The molecule has 0 radical (unpaired) electrons. The number of nitrogens with zero attached hydrogens (tertiary/aromatic N) is 2. The highest BCUT2D eigenvalue weighted by atomic mass is 19.1. The summed E-state index contributed by atoms with van der Waals surface area (Å²) in [6, 6.07) is 6.39. The second-order valence-corrected chi connectivity index (χ2v) is 4.06. The zero-order chi connectivity index (χ0) is 12.4. The van der Waals surface area contributed by atoms with E-state index < -0.39 is 0 Å². The van der Waals surface area contributed by atoms with Crippen molar-refractivity contribution in [3.63, 3.8) is 0 Å². The summed E-state index contributed by atoms with van der Waals surface area (Å²) in [6.45, 7) is 2.53. The van der Waals surface area contributed by atoms with Crippen molar-refractivity contribution in [3.05, 3.63) is 41.6 Å². The number of imidazole rings is 1. The van der Waals surface area contributed by atoms with Crippen LogP contribution in [-0.4, -0.2) is 16.1 Å². The van der Waals surface area contributed by atoms with E-state index in [1.807, 2.05) is 18.5 Å². The molecule has 1 aromatic carbocycles. The molecular formula is C13H16FN3. The summed E-state index contributed by atoms with van der Waals surface area (Å²) in [4.78, 5) is 4.51. The predicted molar refractivity (Wildman–Crippen MR) is 66.1 cm³/mol. The van der Waals surface area contributed by atoms with Crippen LogP contribution in [0.4, 0.5) is 4.39 Å². The summed E-state index contributed by atoms with van der Waals surface area (Å²) in [7, 11) is 1.97. The first-order valence-electron chi connectivity index (χ1n) is 5.61. The molecule has 1 heterocycles. The minimum Gasteiger partial charge on any atom is -0.335 e. The van der Waals surface area contributed by atoms with Gasteiger partial charge in [0.15, 0.2) is 0 Å². The maximum Gasteiger partial charge on any atom is 0.123 e. The third-order valence-corrected chi connectivity index (χ3v) is 2.94. The van der Waals surface area contributed by atoms with Gasteiger partial charge in [-0.3, -0.25) is 0 Å². The van der Waals surface area contributed by atoms with Gasteiger partial charge in [-0.2, -0.15) is 0 Å². The van der Waals surface area contributed by atoms with Crippen LogP contribution in [0.15, 0.2) is 24.3 Å². The van der Waals surface area contributed by atoms with Gasteiger partial charge in [0.1, 0.15) is 11.6 Å². The Morgan fingerprint density at radius 3 is 2.53 bits per heavy atom. The Balaban J connectivity index is 2.50. The van der Waals surface area contributed by atoms with Gasteiger partial charge in [0.25, 0.3) is 0 Å². The molecule has 0 aliphatic rings. The fraction of sp³-hybridized carbons (Fsp3) is 0.308. The summed E-state index contributed by atoms with van der Waals surface area (Å²) in [5.41, 5.74) is 8.53. The molecule has 0 unspecified atom stereocenters. The van der Waals surface area contributed by atoms with Crippen molar-refractivity contribution >= 4 is 0 Å². The highest BCUT2D eigenvalue weighted by Crippen LogP contribution is 2.23.